The number of unbranched alkanes of at least 4 members (excludes halogenated alkanes) is 5. The van der Waals surface area contributed by atoms with Crippen LogP contribution in [0.4, 0.5) is 4.79 Å². The molecule has 3 amide bonds. The summed E-state index contributed by atoms with van der Waals surface area (Å²) in [4.78, 5) is 41.2. The molecule has 0 fully saturated rings. The third-order valence-electron chi connectivity index (χ3n) is 5.46. The first-order valence-electron chi connectivity index (χ1n) is 12.9. The van der Waals surface area contributed by atoms with Crippen LogP contribution in [0.3, 0.4) is 0 Å². The first-order chi connectivity index (χ1) is 16.6. The van der Waals surface area contributed by atoms with Gasteiger partial charge in [-0.05, 0) is 39.2 Å². The standard InChI is InChI=1S/C27H45N3O4S/c1-6-8-10-15-19-30(25(32)22(20-35)29-26(33)34-27(3,4)5)23(21-16-12-11-13-17-21)24(31)28-18-14-9-7-2/h11-13,16-17,22-23,35H,6-10,14-15,18-20H2,1-5H3,(H,28,31)(H,29,33). The molecule has 1 rings (SSSR count). The molecule has 0 saturated carbocycles. The molecule has 0 radical (unpaired) electrons. The second-order valence-corrected chi connectivity index (χ2v) is 10.2. The SMILES string of the molecule is CCCCCCN(C(=O)C(CS)NC(=O)OC(C)(C)C)C(C(=O)NCCCCC)c1ccccc1. The maximum Gasteiger partial charge on any atom is 0.408 e. The highest BCUT2D eigenvalue weighted by molar-refractivity contribution is 7.80. The minimum Gasteiger partial charge on any atom is -0.444 e. The van der Waals surface area contributed by atoms with E-state index in [9.17, 15) is 14.4 Å². The van der Waals surface area contributed by atoms with Gasteiger partial charge in [0.25, 0.3) is 0 Å². The lowest BCUT2D eigenvalue weighted by molar-refractivity contribution is -0.142. The van der Waals surface area contributed by atoms with Crippen molar-refractivity contribution in [3.8, 4) is 0 Å². The first-order valence-corrected chi connectivity index (χ1v) is 13.5. The fraction of sp³-hybridized carbons (Fsp3) is 0.667. The number of alkyl carbamates (subject to hydrolysis) is 1. The van der Waals surface area contributed by atoms with Crippen molar-refractivity contribution in [1.82, 2.24) is 15.5 Å². The molecule has 0 aliphatic rings. The molecule has 0 aliphatic heterocycles. The van der Waals surface area contributed by atoms with Crippen molar-refractivity contribution in [2.45, 2.75) is 97.2 Å². The predicted octanol–water partition coefficient (Wildman–Crippen LogP) is 5.27. The molecule has 0 heterocycles. The molecule has 1 aromatic rings. The van der Waals surface area contributed by atoms with E-state index in [1.54, 1.807) is 25.7 Å². The zero-order chi connectivity index (χ0) is 26.3. The summed E-state index contributed by atoms with van der Waals surface area (Å²) in [5.41, 5.74) is 0.0403. The summed E-state index contributed by atoms with van der Waals surface area (Å²) >= 11 is 4.33. The van der Waals surface area contributed by atoms with Gasteiger partial charge in [0.05, 0.1) is 0 Å². The molecule has 1 aromatic carbocycles. The summed E-state index contributed by atoms with van der Waals surface area (Å²) in [5, 5.41) is 5.67. The van der Waals surface area contributed by atoms with Crippen LogP contribution in [0.25, 0.3) is 0 Å². The van der Waals surface area contributed by atoms with E-state index >= 15 is 0 Å². The molecule has 7 nitrogen and oxygen atoms in total. The largest absolute Gasteiger partial charge is 0.444 e. The molecule has 0 aromatic heterocycles. The van der Waals surface area contributed by atoms with Crippen molar-refractivity contribution in [1.29, 1.82) is 0 Å². The minimum atomic E-state index is -0.918. The number of amides is 3. The summed E-state index contributed by atoms with van der Waals surface area (Å²) in [5.74, 6) is -0.477. The Labute approximate surface area is 217 Å². The summed E-state index contributed by atoms with van der Waals surface area (Å²) in [6.07, 6.45) is 6.10. The smallest absolute Gasteiger partial charge is 0.408 e. The molecule has 35 heavy (non-hydrogen) atoms. The highest BCUT2D eigenvalue weighted by Gasteiger charge is 2.35. The average molecular weight is 508 g/mol. The van der Waals surface area contributed by atoms with Crippen LogP contribution < -0.4 is 10.6 Å². The van der Waals surface area contributed by atoms with E-state index in [0.29, 0.717) is 13.1 Å². The summed E-state index contributed by atoms with van der Waals surface area (Å²) < 4.78 is 5.35. The van der Waals surface area contributed by atoms with Gasteiger partial charge >= 0.3 is 6.09 Å². The predicted molar refractivity (Wildman–Crippen MR) is 145 cm³/mol. The van der Waals surface area contributed by atoms with E-state index in [-0.39, 0.29) is 17.6 Å². The number of carbonyl (C=O) groups excluding carboxylic acids is 3. The van der Waals surface area contributed by atoms with Gasteiger partial charge in [0, 0.05) is 18.8 Å². The van der Waals surface area contributed by atoms with Gasteiger partial charge in [-0.1, -0.05) is 76.3 Å². The van der Waals surface area contributed by atoms with Crippen LogP contribution in [-0.2, 0) is 14.3 Å². The number of benzene rings is 1. The van der Waals surface area contributed by atoms with Crippen molar-refractivity contribution in [3.63, 3.8) is 0 Å². The molecule has 2 N–H and O–H groups in total. The van der Waals surface area contributed by atoms with E-state index in [0.717, 1.165) is 50.5 Å². The second-order valence-electron chi connectivity index (χ2n) is 9.79. The normalized spacial score (nSPS) is 13.0. The van der Waals surface area contributed by atoms with Crippen LogP contribution in [0.1, 0.15) is 91.2 Å². The van der Waals surface area contributed by atoms with Gasteiger partial charge in [-0.15, -0.1) is 0 Å². The van der Waals surface area contributed by atoms with Crippen LogP contribution in [-0.4, -0.2) is 53.3 Å². The van der Waals surface area contributed by atoms with Crippen molar-refractivity contribution in [3.05, 3.63) is 35.9 Å². The number of nitrogens with zero attached hydrogens (tertiary/aromatic N) is 1. The van der Waals surface area contributed by atoms with Gasteiger partial charge < -0.3 is 20.3 Å². The van der Waals surface area contributed by atoms with Crippen LogP contribution in [0.5, 0.6) is 0 Å². The summed E-state index contributed by atoms with van der Waals surface area (Å²) in [6.45, 7) is 10.5. The fourth-order valence-electron chi connectivity index (χ4n) is 3.70. The Morgan fingerprint density at radius 1 is 0.971 bits per heavy atom. The molecule has 0 bridgehead atoms. The second kappa shape index (κ2) is 16.5. The molecule has 0 spiro atoms. The number of nitrogens with one attached hydrogen (secondary N) is 2. The lowest BCUT2D eigenvalue weighted by Gasteiger charge is -2.34. The molecule has 2 unspecified atom stereocenters. The van der Waals surface area contributed by atoms with Crippen LogP contribution in [0.2, 0.25) is 0 Å². The Bertz CT molecular complexity index is 767. The van der Waals surface area contributed by atoms with Gasteiger partial charge in [-0.2, -0.15) is 12.6 Å². The average Bonchev–Trinajstić information content (AvgIpc) is 2.81. The van der Waals surface area contributed by atoms with Gasteiger partial charge in [0.1, 0.15) is 17.7 Å². The van der Waals surface area contributed by atoms with Crippen LogP contribution in [0, 0.1) is 0 Å². The molecule has 2 atom stereocenters. The van der Waals surface area contributed by atoms with Crippen molar-refractivity contribution >= 4 is 30.5 Å². The number of hydrogen-bond acceptors (Lipinski definition) is 5. The first kappa shape index (κ1) is 30.8. The molecular formula is C27H45N3O4S. The number of rotatable bonds is 15. The lowest BCUT2D eigenvalue weighted by Crippen LogP contribution is -2.54. The van der Waals surface area contributed by atoms with E-state index in [1.165, 1.54) is 0 Å². The van der Waals surface area contributed by atoms with Gasteiger partial charge in [0.15, 0.2) is 0 Å². The Hall–Kier alpha value is -2.22. The number of thiol groups is 1. The lowest BCUT2D eigenvalue weighted by atomic mass is 10.0. The third-order valence-corrected chi connectivity index (χ3v) is 5.83. The third kappa shape index (κ3) is 11.8. The van der Waals surface area contributed by atoms with Gasteiger partial charge in [-0.3, -0.25) is 9.59 Å². The van der Waals surface area contributed by atoms with E-state index in [4.69, 9.17) is 4.74 Å². The molecular weight excluding hydrogens is 462 g/mol. The Morgan fingerprint density at radius 2 is 1.60 bits per heavy atom. The van der Waals surface area contributed by atoms with Crippen molar-refractivity contribution < 1.29 is 19.1 Å². The topological polar surface area (TPSA) is 87.7 Å². The van der Waals surface area contributed by atoms with E-state index in [2.05, 4.69) is 37.1 Å². The fourth-order valence-corrected chi connectivity index (χ4v) is 3.95. The monoisotopic (exact) mass is 507 g/mol. The molecule has 0 saturated heterocycles. The zero-order valence-electron chi connectivity index (χ0n) is 22.1. The molecule has 0 aliphatic carbocycles. The van der Waals surface area contributed by atoms with Crippen molar-refractivity contribution in [2.24, 2.45) is 0 Å². The molecule has 8 heteroatoms. The summed E-state index contributed by atoms with van der Waals surface area (Å²) in [6, 6.07) is 7.61. The zero-order valence-corrected chi connectivity index (χ0v) is 23.0. The quantitative estimate of drug-likeness (QED) is 0.223. The Morgan fingerprint density at radius 3 is 2.17 bits per heavy atom. The minimum absolute atomic E-state index is 0.0865. The summed E-state index contributed by atoms with van der Waals surface area (Å²) in [7, 11) is 0. The number of hydrogen-bond donors (Lipinski definition) is 3. The van der Waals surface area contributed by atoms with Gasteiger partial charge in [-0.25, -0.2) is 4.79 Å². The maximum atomic E-state index is 13.8. The van der Waals surface area contributed by atoms with Crippen molar-refractivity contribution in [2.75, 3.05) is 18.8 Å². The van der Waals surface area contributed by atoms with E-state index in [1.807, 2.05) is 30.3 Å². The Balaban J connectivity index is 3.23. The Kier molecular flexibility index (Phi) is 14.5. The van der Waals surface area contributed by atoms with E-state index < -0.39 is 23.8 Å². The maximum absolute atomic E-state index is 13.8. The highest BCUT2D eigenvalue weighted by atomic mass is 32.1. The molecule has 198 valence electrons. The number of carbonyl (C=O) groups is 3. The number of ether oxygens (including phenoxy) is 1. The van der Waals surface area contributed by atoms with Gasteiger partial charge in [0.2, 0.25) is 11.8 Å². The highest BCUT2D eigenvalue weighted by Crippen LogP contribution is 2.24. The van der Waals surface area contributed by atoms with Crippen LogP contribution >= 0.6 is 12.6 Å². The van der Waals surface area contributed by atoms with Crippen LogP contribution in [0.15, 0.2) is 30.3 Å².